The average molecular weight is 453 g/mol. The second-order valence-electron chi connectivity index (χ2n) is 5.34. The van der Waals surface area contributed by atoms with Crippen molar-refractivity contribution in [3.05, 3.63) is 16.1 Å². The summed E-state index contributed by atoms with van der Waals surface area (Å²) in [6.45, 7) is 8.52. The van der Waals surface area contributed by atoms with Crippen LogP contribution in [0.4, 0.5) is 0 Å². The van der Waals surface area contributed by atoms with Crippen LogP contribution in [0.25, 0.3) is 0 Å². The number of nitrogens with one attached hydrogen (secondary N) is 1. The van der Waals surface area contributed by atoms with Crippen LogP contribution >= 0.6 is 35.3 Å². The van der Waals surface area contributed by atoms with Gasteiger partial charge in [0.15, 0.2) is 5.96 Å². The Morgan fingerprint density at radius 1 is 1.48 bits per heavy atom. The molecule has 132 valence electrons. The largest absolute Gasteiger partial charge is 0.379 e. The summed E-state index contributed by atoms with van der Waals surface area (Å²) in [5.74, 6) is 0.535. The van der Waals surface area contributed by atoms with E-state index in [9.17, 15) is 0 Å². The third-order valence-electron chi connectivity index (χ3n) is 3.61. The normalized spacial score (nSPS) is 16.1. The summed E-state index contributed by atoms with van der Waals surface area (Å²) in [7, 11) is 0. The maximum absolute atomic E-state index is 5.88. The highest BCUT2D eigenvalue weighted by molar-refractivity contribution is 14.0. The number of aromatic nitrogens is 1. The molecule has 0 aliphatic carbocycles. The van der Waals surface area contributed by atoms with Crippen molar-refractivity contribution in [2.24, 2.45) is 10.7 Å². The minimum atomic E-state index is 0. The number of morpholine rings is 1. The van der Waals surface area contributed by atoms with Gasteiger partial charge in [-0.3, -0.25) is 9.89 Å². The first-order chi connectivity index (χ1) is 10.8. The van der Waals surface area contributed by atoms with Gasteiger partial charge in [-0.05, 0) is 12.8 Å². The first kappa shape index (κ1) is 20.6. The fraction of sp³-hybridized carbons (Fsp3) is 0.733. The Bertz CT molecular complexity index is 462. The Morgan fingerprint density at radius 3 is 2.96 bits per heavy atom. The maximum atomic E-state index is 5.88. The monoisotopic (exact) mass is 453 g/mol. The topological polar surface area (TPSA) is 75.8 Å². The molecule has 1 saturated heterocycles. The molecule has 0 aromatic carbocycles. The zero-order valence-corrected chi connectivity index (χ0v) is 16.9. The van der Waals surface area contributed by atoms with E-state index in [0.717, 1.165) is 70.9 Å². The van der Waals surface area contributed by atoms with Gasteiger partial charge in [0, 0.05) is 44.5 Å². The van der Waals surface area contributed by atoms with Gasteiger partial charge >= 0.3 is 0 Å². The zero-order chi connectivity index (χ0) is 15.6. The van der Waals surface area contributed by atoms with Gasteiger partial charge in [-0.2, -0.15) is 0 Å². The molecular formula is C15H28IN5OS. The lowest BCUT2D eigenvalue weighted by atomic mass is 10.3. The van der Waals surface area contributed by atoms with Crippen LogP contribution in [0.3, 0.4) is 0 Å². The molecule has 1 aromatic rings. The summed E-state index contributed by atoms with van der Waals surface area (Å²) in [6, 6.07) is 0. The summed E-state index contributed by atoms with van der Waals surface area (Å²) in [5.41, 5.74) is 7.01. The maximum Gasteiger partial charge on any atom is 0.188 e. The molecule has 0 unspecified atom stereocenters. The van der Waals surface area contributed by atoms with E-state index < -0.39 is 0 Å². The smallest absolute Gasteiger partial charge is 0.188 e. The number of rotatable bonds is 8. The summed E-state index contributed by atoms with van der Waals surface area (Å²) in [6.07, 6.45) is 2.93. The average Bonchev–Trinajstić information content (AvgIpc) is 3.01. The van der Waals surface area contributed by atoms with Gasteiger partial charge in [0.05, 0.1) is 23.9 Å². The van der Waals surface area contributed by atoms with E-state index in [1.165, 1.54) is 5.01 Å². The number of aryl methyl sites for hydroxylation is 1. The SMILES string of the molecule is CCc1nc(CCNC(N)=NCCCN2CCOCC2)cs1.I. The molecule has 2 heterocycles. The van der Waals surface area contributed by atoms with Crippen LogP contribution in [0, 0.1) is 0 Å². The number of nitrogens with two attached hydrogens (primary N) is 1. The van der Waals surface area contributed by atoms with Crippen LogP contribution < -0.4 is 11.1 Å². The number of guanidine groups is 1. The van der Waals surface area contributed by atoms with Crippen LogP contribution in [0.1, 0.15) is 24.0 Å². The van der Waals surface area contributed by atoms with Crippen LogP contribution in [0.15, 0.2) is 10.4 Å². The number of aliphatic imine (C=N–C) groups is 1. The van der Waals surface area contributed by atoms with Crippen molar-refractivity contribution in [2.75, 3.05) is 45.9 Å². The quantitative estimate of drug-likeness (QED) is 0.270. The number of hydrogen-bond acceptors (Lipinski definition) is 5. The second-order valence-corrected chi connectivity index (χ2v) is 6.28. The van der Waals surface area contributed by atoms with Gasteiger partial charge in [0.25, 0.3) is 0 Å². The van der Waals surface area contributed by atoms with Crippen LogP contribution in [0.2, 0.25) is 0 Å². The van der Waals surface area contributed by atoms with E-state index in [2.05, 4.69) is 32.5 Å². The predicted molar refractivity (Wildman–Crippen MR) is 107 cm³/mol. The Morgan fingerprint density at radius 2 is 2.26 bits per heavy atom. The number of ether oxygens (including phenoxy) is 1. The van der Waals surface area contributed by atoms with Gasteiger partial charge < -0.3 is 15.8 Å². The molecule has 8 heteroatoms. The molecule has 0 bridgehead atoms. The standard InChI is InChI=1S/C15H27N5OS.HI/c1-2-14-19-13(12-22-14)4-6-18-15(16)17-5-3-7-20-8-10-21-11-9-20;/h12H,2-11H2,1H3,(H3,16,17,18);1H. The molecule has 1 aromatic heterocycles. The van der Waals surface area contributed by atoms with Gasteiger partial charge in [-0.25, -0.2) is 4.98 Å². The Labute approximate surface area is 159 Å². The lowest BCUT2D eigenvalue weighted by Crippen LogP contribution is -2.37. The Kier molecular flexibility index (Phi) is 10.7. The molecule has 0 saturated carbocycles. The van der Waals surface area contributed by atoms with E-state index in [4.69, 9.17) is 10.5 Å². The fourth-order valence-corrected chi connectivity index (χ4v) is 3.10. The van der Waals surface area contributed by atoms with E-state index in [1.54, 1.807) is 11.3 Å². The highest BCUT2D eigenvalue weighted by atomic mass is 127. The number of hydrogen-bond donors (Lipinski definition) is 2. The van der Waals surface area contributed by atoms with Gasteiger partial charge in [0.2, 0.25) is 0 Å². The predicted octanol–water partition coefficient (Wildman–Crippen LogP) is 1.49. The highest BCUT2D eigenvalue weighted by Crippen LogP contribution is 2.10. The molecule has 0 radical (unpaired) electrons. The molecule has 1 fully saturated rings. The summed E-state index contributed by atoms with van der Waals surface area (Å²) >= 11 is 1.72. The van der Waals surface area contributed by atoms with Crippen molar-refractivity contribution in [3.8, 4) is 0 Å². The Balaban J connectivity index is 0.00000264. The van der Waals surface area contributed by atoms with Crippen molar-refractivity contribution in [3.63, 3.8) is 0 Å². The lowest BCUT2D eigenvalue weighted by Gasteiger charge is -2.26. The minimum Gasteiger partial charge on any atom is -0.379 e. The van der Waals surface area contributed by atoms with Crippen molar-refractivity contribution in [2.45, 2.75) is 26.2 Å². The highest BCUT2D eigenvalue weighted by Gasteiger charge is 2.08. The first-order valence-corrected chi connectivity index (χ1v) is 8.93. The molecule has 23 heavy (non-hydrogen) atoms. The molecule has 6 nitrogen and oxygen atoms in total. The zero-order valence-electron chi connectivity index (χ0n) is 13.8. The molecule has 1 aliphatic rings. The lowest BCUT2D eigenvalue weighted by molar-refractivity contribution is 0.0377. The third kappa shape index (κ3) is 8.27. The molecule has 0 atom stereocenters. The van der Waals surface area contributed by atoms with Crippen LogP contribution in [-0.2, 0) is 17.6 Å². The number of nitrogens with zero attached hydrogens (tertiary/aromatic N) is 3. The van der Waals surface area contributed by atoms with E-state index in [0.29, 0.717) is 5.96 Å². The van der Waals surface area contributed by atoms with Crippen molar-refractivity contribution in [1.82, 2.24) is 15.2 Å². The van der Waals surface area contributed by atoms with Crippen molar-refractivity contribution >= 4 is 41.3 Å². The van der Waals surface area contributed by atoms with Crippen LogP contribution in [-0.4, -0.2) is 61.8 Å². The van der Waals surface area contributed by atoms with E-state index in [-0.39, 0.29) is 24.0 Å². The van der Waals surface area contributed by atoms with E-state index in [1.807, 2.05) is 0 Å². The summed E-state index contributed by atoms with van der Waals surface area (Å²) < 4.78 is 5.33. The summed E-state index contributed by atoms with van der Waals surface area (Å²) in [5, 5.41) is 6.47. The Hall–Kier alpha value is -0.450. The fourth-order valence-electron chi connectivity index (χ4n) is 2.32. The van der Waals surface area contributed by atoms with Crippen LogP contribution in [0.5, 0.6) is 0 Å². The van der Waals surface area contributed by atoms with Gasteiger partial charge in [-0.15, -0.1) is 35.3 Å². The molecule has 1 aliphatic heterocycles. The number of halogens is 1. The molecule has 3 N–H and O–H groups in total. The third-order valence-corrected chi connectivity index (χ3v) is 4.65. The molecule has 0 spiro atoms. The van der Waals surface area contributed by atoms with Gasteiger partial charge in [-0.1, -0.05) is 6.92 Å². The van der Waals surface area contributed by atoms with E-state index >= 15 is 0 Å². The molecule has 2 rings (SSSR count). The minimum absolute atomic E-state index is 0. The summed E-state index contributed by atoms with van der Waals surface area (Å²) in [4.78, 5) is 11.3. The first-order valence-electron chi connectivity index (χ1n) is 8.05. The van der Waals surface area contributed by atoms with Gasteiger partial charge in [0.1, 0.15) is 0 Å². The molecule has 0 amide bonds. The number of thiazole rings is 1. The second kappa shape index (κ2) is 12.0. The van der Waals surface area contributed by atoms with Crippen molar-refractivity contribution < 1.29 is 4.74 Å². The molecular weight excluding hydrogens is 425 g/mol. The van der Waals surface area contributed by atoms with Crippen molar-refractivity contribution in [1.29, 1.82) is 0 Å².